The van der Waals surface area contributed by atoms with E-state index in [9.17, 15) is 9.59 Å². The van der Waals surface area contributed by atoms with Gasteiger partial charge < -0.3 is 14.2 Å². The van der Waals surface area contributed by atoms with Crippen molar-refractivity contribution in [3.63, 3.8) is 0 Å². The lowest BCUT2D eigenvalue weighted by Gasteiger charge is -2.35. The normalized spacial score (nSPS) is 17.5. The van der Waals surface area contributed by atoms with Gasteiger partial charge in [-0.25, -0.2) is 4.68 Å². The summed E-state index contributed by atoms with van der Waals surface area (Å²) < 4.78 is 7.19. The Morgan fingerprint density at radius 2 is 1.62 bits per heavy atom. The van der Waals surface area contributed by atoms with Gasteiger partial charge >= 0.3 is 0 Å². The number of hydrogen-bond donors (Lipinski definition) is 0. The summed E-state index contributed by atoms with van der Waals surface area (Å²) in [6, 6.07) is 15.1. The van der Waals surface area contributed by atoms with Crippen molar-refractivity contribution in [3.8, 4) is 17.1 Å². The lowest BCUT2D eigenvalue weighted by molar-refractivity contribution is -0.137. The fraction of sp³-hybridized carbons (Fsp3) is 0.400. The summed E-state index contributed by atoms with van der Waals surface area (Å²) in [7, 11) is 0. The van der Waals surface area contributed by atoms with Gasteiger partial charge in [0.25, 0.3) is 5.91 Å². The molecule has 2 aliphatic heterocycles. The minimum absolute atomic E-state index is 0.0230. The van der Waals surface area contributed by atoms with Crippen molar-refractivity contribution in [2.24, 2.45) is 5.92 Å². The number of amides is 2. The molecule has 2 saturated heterocycles. The molecule has 4 heterocycles. The molecular weight excluding hydrogens is 404 g/mol. The van der Waals surface area contributed by atoms with Gasteiger partial charge in [-0.2, -0.15) is 5.10 Å². The first kappa shape index (κ1) is 20.5. The monoisotopic (exact) mass is 432 g/mol. The highest BCUT2D eigenvalue weighted by Crippen LogP contribution is 2.26. The second-order valence-corrected chi connectivity index (χ2v) is 8.59. The van der Waals surface area contributed by atoms with E-state index >= 15 is 0 Å². The summed E-state index contributed by atoms with van der Waals surface area (Å²) in [5.74, 6) is 0.851. The molecule has 166 valence electrons. The number of rotatable bonds is 4. The number of nitrogens with zero attached hydrogens (tertiary/aromatic N) is 4. The van der Waals surface area contributed by atoms with Crippen LogP contribution in [0, 0.1) is 5.92 Å². The van der Waals surface area contributed by atoms with Gasteiger partial charge in [0, 0.05) is 38.2 Å². The average Bonchev–Trinajstić information content (AvgIpc) is 3.55. The van der Waals surface area contributed by atoms with E-state index in [0.717, 1.165) is 31.6 Å². The number of aromatic nitrogens is 2. The molecule has 1 aromatic carbocycles. The first-order valence-corrected chi connectivity index (χ1v) is 11.5. The summed E-state index contributed by atoms with van der Waals surface area (Å²) in [6.07, 6.45) is 6.45. The van der Waals surface area contributed by atoms with E-state index in [2.05, 4.69) is 5.10 Å². The van der Waals surface area contributed by atoms with Gasteiger partial charge in [-0.3, -0.25) is 9.59 Å². The SMILES string of the molecule is O=C(c1cc(-c2ccco2)nn1-c1ccccc1)N1CCC(C(=O)N2CCCCC2)CC1. The number of carbonyl (C=O) groups excluding carboxylic acids is 2. The van der Waals surface area contributed by atoms with Crippen LogP contribution in [0.4, 0.5) is 0 Å². The number of para-hydroxylation sites is 1. The molecule has 0 unspecified atom stereocenters. The van der Waals surface area contributed by atoms with E-state index in [0.29, 0.717) is 43.1 Å². The Morgan fingerprint density at radius 1 is 0.875 bits per heavy atom. The van der Waals surface area contributed by atoms with Crippen LogP contribution in [0.25, 0.3) is 17.1 Å². The maximum Gasteiger partial charge on any atom is 0.272 e. The van der Waals surface area contributed by atoms with Gasteiger partial charge in [-0.05, 0) is 56.4 Å². The number of piperidine rings is 2. The third-order valence-corrected chi connectivity index (χ3v) is 6.50. The van der Waals surface area contributed by atoms with Crippen LogP contribution in [0.5, 0.6) is 0 Å². The second kappa shape index (κ2) is 9.02. The third kappa shape index (κ3) is 4.07. The van der Waals surface area contributed by atoms with Crippen molar-refractivity contribution < 1.29 is 14.0 Å². The predicted octanol–water partition coefficient (Wildman–Crippen LogP) is 4.00. The van der Waals surface area contributed by atoms with Gasteiger partial charge in [0.1, 0.15) is 11.4 Å². The van der Waals surface area contributed by atoms with E-state index < -0.39 is 0 Å². The molecule has 3 aromatic rings. The standard InChI is InChI=1S/C25H28N4O3/c30-24(27-13-5-2-6-14-27)19-11-15-28(16-12-19)25(31)22-18-21(23-10-7-17-32-23)26-29(22)20-8-3-1-4-9-20/h1,3-4,7-10,17-19H,2,5-6,11-16H2. The summed E-state index contributed by atoms with van der Waals surface area (Å²) in [5.41, 5.74) is 1.95. The van der Waals surface area contributed by atoms with E-state index in [1.165, 1.54) is 6.42 Å². The molecule has 5 rings (SSSR count). The molecule has 2 fully saturated rings. The highest BCUT2D eigenvalue weighted by atomic mass is 16.3. The molecule has 0 saturated carbocycles. The molecule has 0 bridgehead atoms. The molecular formula is C25H28N4O3. The summed E-state index contributed by atoms with van der Waals surface area (Å²) in [6.45, 7) is 2.92. The Hall–Kier alpha value is -3.35. The molecule has 32 heavy (non-hydrogen) atoms. The number of carbonyl (C=O) groups is 2. The minimum Gasteiger partial charge on any atom is -0.463 e. The fourth-order valence-electron chi connectivity index (χ4n) is 4.71. The van der Waals surface area contributed by atoms with Crippen molar-refractivity contribution in [1.82, 2.24) is 19.6 Å². The molecule has 7 nitrogen and oxygen atoms in total. The van der Waals surface area contributed by atoms with E-state index in [4.69, 9.17) is 4.42 Å². The molecule has 2 aromatic heterocycles. The Morgan fingerprint density at radius 3 is 2.31 bits per heavy atom. The van der Waals surface area contributed by atoms with Crippen molar-refractivity contribution >= 4 is 11.8 Å². The van der Waals surface area contributed by atoms with Gasteiger partial charge in [0.15, 0.2) is 5.76 Å². The number of hydrogen-bond acceptors (Lipinski definition) is 4. The minimum atomic E-state index is -0.0666. The first-order chi connectivity index (χ1) is 15.7. The van der Waals surface area contributed by atoms with E-state index in [-0.39, 0.29) is 17.7 Å². The molecule has 0 radical (unpaired) electrons. The summed E-state index contributed by atoms with van der Waals surface area (Å²) in [4.78, 5) is 30.2. The zero-order valence-corrected chi connectivity index (χ0v) is 18.2. The van der Waals surface area contributed by atoms with Crippen LogP contribution in [0.3, 0.4) is 0 Å². The lowest BCUT2D eigenvalue weighted by Crippen LogP contribution is -2.46. The number of likely N-dealkylation sites (tertiary alicyclic amines) is 2. The van der Waals surface area contributed by atoms with Crippen LogP contribution in [0.2, 0.25) is 0 Å². The predicted molar refractivity (Wildman–Crippen MR) is 120 cm³/mol. The van der Waals surface area contributed by atoms with Gasteiger partial charge in [-0.1, -0.05) is 18.2 Å². The maximum atomic E-state index is 13.5. The summed E-state index contributed by atoms with van der Waals surface area (Å²) >= 11 is 0. The van der Waals surface area contributed by atoms with Gasteiger partial charge in [-0.15, -0.1) is 0 Å². The van der Waals surface area contributed by atoms with Crippen LogP contribution < -0.4 is 0 Å². The van der Waals surface area contributed by atoms with Crippen molar-refractivity contribution in [2.45, 2.75) is 32.1 Å². The smallest absolute Gasteiger partial charge is 0.272 e. The van der Waals surface area contributed by atoms with Crippen LogP contribution in [-0.2, 0) is 4.79 Å². The zero-order chi connectivity index (χ0) is 21.9. The van der Waals surface area contributed by atoms with Gasteiger partial charge in [0.2, 0.25) is 5.91 Å². The maximum absolute atomic E-state index is 13.5. The van der Waals surface area contributed by atoms with E-state index in [1.807, 2.05) is 52.3 Å². The van der Waals surface area contributed by atoms with Crippen LogP contribution in [0.1, 0.15) is 42.6 Å². The third-order valence-electron chi connectivity index (χ3n) is 6.50. The topological polar surface area (TPSA) is 71.6 Å². The number of furan rings is 1. The molecule has 2 amide bonds. The quantitative estimate of drug-likeness (QED) is 0.625. The van der Waals surface area contributed by atoms with Crippen molar-refractivity contribution in [2.75, 3.05) is 26.2 Å². The molecule has 0 atom stereocenters. The zero-order valence-electron chi connectivity index (χ0n) is 18.2. The molecule has 0 spiro atoms. The molecule has 7 heteroatoms. The van der Waals surface area contributed by atoms with Crippen molar-refractivity contribution in [3.05, 3.63) is 60.5 Å². The Labute approximate surface area is 187 Å². The van der Waals surface area contributed by atoms with Crippen LogP contribution in [-0.4, -0.2) is 57.6 Å². The second-order valence-electron chi connectivity index (χ2n) is 8.59. The average molecular weight is 433 g/mol. The Balaban J connectivity index is 1.34. The Bertz CT molecular complexity index is 1060. The van der Waals surface area contributed by atoms with Crippen molar-refractivity contribution in [1.29, 1.82) is 0 Å². The first-order valence-electron chi connectivity index (χ1n) is 11.5. The fourth-order valence-corrected chi connectivity index (χ4v) is 4.71. The highest BCUT2D eigenvalue weighted by molar-refractivity contribution is 5.94. The van der Waals surface area contributed by atoms with Gasteiger partial charge in [0.05, 0.1) is 12.0 Å². The van der Waals surface area contributed by atoms with Crippen LogP contribution >= 0.6 is 0 Å². The largest absolute Gasteiger partial charge is 0.463 e. The summed E-state index contributed by atoms with van der Waals surface area (Å²) in [5, 5.41) is 4.66. The molecule has 0 N–H and O–H groups in total. The van der Waals surface area contributed by atoms with Crippen LogP contribution in [0.15, 0.2) is 59.2 Å². The highest BCUT2D eigenvalue weighted by Gasteiger charge is 2.32. The Kier molecular flexibility index (Phi) is 5.79. The number of benzene rings is 1. The molecule has 2 aliphatic rings. The molecule has 0 aliphatic carbocycles. The van der Waals surface area contributed by atoms with E-state index in [1.54, 1.807) is 17.0 Å². The lowest BCUT2D eigenvalue weighted by atomic mass is 9.94.